The van der Waals surface area contributed by atoms with Crippen LogP contribution in [0.4, 0.5) is 37.9 Å². The third kappa shape index (κ3) is 40.0. The summed E-state index contributed by atoms with van der Waals surface area (Å²) < 4.78 is 85.1. The predicted octanol–water partition coefficient (Wildman–Crippen LogP) is 21.2. The Morgan fingerprint density at radius 3 is 1.22 bits per heavy atom. The molecule has 4 fully saturated rings. The molecule has 142 heavy (non-hydrogen) atoms. The van der Waals surface area contributed by atoms with Crippen molar-refractivity contribution in [2.45, 2.75) is 219 Å². The number of benzene rings is 6. The van der Waals surface area contributed by atoms with E-state index in [1.807, 2.05) is 159 Å². The van der Waals surface area contributed by atoms with Crippen molar-refractivity contribution in [3.05, 3.63) is 230 Å². The number of hydrogen-bond donors (Lipinski definition) is 4. The van der Waals surface area contributed by atoms with Gasteiger partial charge in [0.15, 0.2) is 11.6 Å². The number of nitrogens with zero attached hydrogens (tertiary/aromatic N) is 11. The standard InChI is InChI=1S/C23H25FN4OS.C14H18N2O2S.C14H17NO2S.C12H13NO2S.C11H14FN3.C9H10N2S.C8H15O2.C7H4BrNS.C4H7BrO2.BF3.K/c24-19-12-25-11-10-21(19)28-17-8-9-18(28)14-27(13-17)22(29)7-2-1-4-16-5-3-6-20-23(16)30-15-26-20;1-14(2,3)18-13(17)15-8-7-10-5-4-6-11-12(10)19-9-16-11;1-2-17-13(16)9-4-3-6-11-7-5-8-12-14(11)18-10-15-12;14-11(15)7-2-1-4-9-5-3-6-10-12(9)16-8-13-10;12-10-7-13-4-3-11(10)15-8-1-2-9(15)6-14-5-8;10-5-4-7-2-1-3-8-9(7)12-6-11-8;1-5-6-7(9)10-8(2,3)4;8-5-2-1-3-6-7(5)10-4-9-6;1-2-7-4(6)3-5;2-1(3)4;/h3,5-6,10-12,15,17-18H,1-2,4,7-9,13-14H2;4-6,9H,7-8H2,1-3H3,(H,15,17);5,7-8,10H,2-4,6,9H2,1H3;3,5-6,8H,1-2,4,7H2,(H,14,15);3-4,7-9,14H,1-2,5-6H2;1-3,6H,4-5,10H2;1,5-6H2,2-4H3;1-4H;2-3H2,1H3;;/q;;;;;;-1;;;;+1. The first-order valence-corrected chi connectivity index (χ1v) is 54.1. The molecule has 8 aromatic heterocycles. The Labute approximate surface area is 910 Å². The number of thiazole rings is 6. The fourth-order valence-electron chi connectivity index (χ4n) is 16.1. The zero-order valence-electron chi connectivity index (χ0n) is 81.5. The molecule has 5 N–H and O–H groups in total. The number of halogens is 7. The summed E-state index contributed by atoms with van der Waals surface area (Å²) in [4.78, 5) is 107. The molecule has 25 nitrogen and oxygen atoms in total. The number of alkyl carbamates (subject to hydrolysis) is 1. The Morgan fingerprint density at radius 1 is 0.493 bits per heavy atom. The van der Waals surface area contributed by atoms with Crippen molar-refractivity contribution in [1.82, 2.24) is 55.4 Å². The van der Waals surface area contributed by atoms with Gasteiger partial charge in [0.1, 0.15) is 16.5 Å². The molecule has 756 valence electrons. The molecule has 40 heteroatoms. The molecule has 0 saturated carbocycles. The van der Waals surface area contributed by atoms with Crippen molar-refractivity contribution >= 4 is 216 Å². The quantitative estimate of drug-likeness (QED) is 0.00707. The molecule has 2 amide bonds. The molecule has 4 aliphatic heterocycles. The van der Waals surface area contributed by atoms with Gasteiger partial charge in [-0.2, -0.15) is 6.42 Å². The van der Waals surface area contributed by atoms with Crippen LogP contribution < -0.4 is 77.6 Å². The van der Waals surface area contributed by atoms with E-state index in [4.69, 9.17) is 25.1 Å². The number of esters is 3. The van der Waals surface area contributed by atoms with Gasteiger partial charge in [-0.3, -0.25) is 46.9 Å². The minimum atomic E-state index is -3.67. The summed E-state index contributed by atoms with van der Waals surface area (Å²) >= 11 is 16.4. The van der Waals surface area contributed by atoms with Crippen LogP contribution in [0.2, 0.25) is 0 Å². The van der Waals surface area contributed by atoms with Crippen molar-refractivity contribution in [2.24, 2.45) is 5.73 Å². The van der Waals surface area contributed by atoms with Crippen molar-refractivity contribution in [1.29, 1.82) is 0 Å². The number of aryl methyl sites for hydroxylation is 3. The van der Waals surface area contributed by atoms with Crippen LogP contribution in [0.5, 0.6) is 0 Å². The topological polar surface area (TPSA) is 322 Å². The second-order valence-corrected chi connectivity index (χ2v) is 41.2. The van der Waals surface area contributed by atoms with Crippen molar-refractivity contribution in [3.63, 3.8) is 0 Å². The first-order valence-electron chi connectivity index (χ1n) is 46.9. The summed E-state index contributed by atoms with van der Waals surface area (Å²) in [6, 6.07) is 41.7. The number of nitrogens with two attached hydrogens (primary N) is 1. The van der Waals surface area contributed by atoms with Crippen LogP contribution in [0.15, 0.2) is 184 Å². The number of unbranched alkanes of at least 4 members (excludes halogenated alkanes) is 3. The zero-order valence-corrected chi connectivity index (χ0v) is 92.7. The summed E-state index contributed by atoms with van der Waals surface area (Å²) in [5.41, 5.74) is 30.1. The third-order valence-corrected chi connectivity index (χ3v) is 28.9. The van der Waals surface area contributed by atoms with E-state index < -0.39 is 19.1 Å². The maximum Gasteiger partial charge on any atom is 1.00 e. The summed E-state index contributed by atoms with van der Waals surface area (Å²) in [6.45, 7) is 23.8. The van der Waals surface area contributed by atoms with Gasteiger partial charge in [0.2, 0.25) is 5.91 Å². The Bertz CT molecular complexity index is 6160. The van der Waals surface area contributed by atoms with Gasteiger partial charge in [-0.05, 0) is 257 Å². The molecule has 0 radical (unpaired) electrons. The summed E-state index contributed by atoms with van der Waals surface area (Å²) in [5, 5.41) is 15.0. The van der Waals surface area contributed by atoms with Crippen LogP contribution >= 0.6 is 99.9 Å². The van der Waals surface area contributed by atoms with E-state index in [0.29, 0.717) is 88.2 Å². The zero-order chi connectivity index (χ0) is 102. The molecule has 0 aliphatic carbocycles. The number of amides is 2. The molecule has 4 saturated heterocycles. The first kappa shape index (κ1) is 119. The molecular weight excluding hydrogens is 2090 g/mol. The second kappa shape index (κ2) is 63.1. The molecule has 12 heterocycles. The van der Waals surface area contributed by atoms with Crippen LogP contribution in [0.3, 0.4) is 0 Å². The molecule has 0 spiro atoms. The predicted molar refractivity (Wildman–Crippen MR) is 569 cm³/mol. The van der Waals surface area contributed by atoms with Gasteiger partial charge in [-0.1, -0.05) is 82.7 Å². The largest absolute Gasteiger partial charge is 1.00 e. The molecule has 4 bridgehead atoms. The van der Waals surface area contributed by atoms with Gasteiger partial charge in [-0.25, -0.2) is 43.5 Å². The van der Waals surface area contributed by atoms with Crippen molar-refractivity contribution in [3.8, 4) is 0 Å². The maximum absolute atomic E-state index is 14.2. The fraction of sp³-hybridized carbons (Fsp3) is 0.422. The number of hydrogen-bond acceptors (Lipinski definition) is 28. The molecule has 6 aromatic carbocycles. The molecule has 4 unspecified atom stereocenters. The van der Waals surface area contributed by atoms with Crippen molar-refractivity contribution < 1.29 is 126 Å². The van der Waals surface area contributed by atoms with Crippen LogP contribution in [-0.4, -0.2) is 186 Å². The number of likely N-dealkylation sites (tertiary alicyclic amines) is 1. The van der Waals surface area contributed by atoms with Gasteiger partial charge < -0.3 is 62.0 Å². The monoisotopic (exact) mass is 2210 g/mol. The number of fused-ring (bicyclic) bond motifs is 10. The molecular formula is C102H123BBr2F5KN14O11S6. The number of carbonyl (C=O) groups is 6. The van der Waals surface area contributed by atoms with Gasteiger partial charge in [0.05, 0.1) is 131 Å². The third-order valence-electron chi connectivity index (χ3n) is 22.0. The number of aliphatic carboxylic acids is 1. The Balaban J connectivity index is 0.000000200. The van der Waals surface area contributed by atoms with Crippen LogP contribution in [0, 0.1) is 18.6 Å². The van der Waals surface area contributed by atoms with Gasteiger partial charge in [-0.15, -0.1) is 68.0 Å². The minimum Gasteiger partial charge on any atom is -0.481 e. The number of carbonyl (C=O) groups excluding carboxylic acids is 5. The number of carboxylic acids is 1. The number of pyridine rings is 2. The second-order valence-electron chi connectivity index (χ2n) is 34.6. The maximum atomic E-state index is 14.2. The Morgan fingerprint density at radius 2 is 0.852 bits per heavy atom. The molecule has 4 atom stereocenters. The average Bonchev–Trinajstić information content (AvgIpc) is 1.63. The number of piperazine rings is 2. The van der Waals surface area contributed by atoms with E-state index >= 15 is 0 Å². The van der Waals surface area contributed by atoms with E-state index in [9.17, 15) is 50.5 Å². The SMILES string of the molecule is Brc1cccc2ncsc12.CC(C)(C)OC(=O)NCCc1cccc2ncsc12.CCOC(=O)CBr.CCOC(=O)CCCCc1cccc2ncsc12.FB(F)F.Fc1cnccc1N1C2CCC1CNC2.NCCc1cccc2ncsc12.O=C(CCCCc1cccc2ncsc12)N1CC2CCC(C1)N2c1ccncc1F.O=C(O)CCCCc1cccc2ncsc12.[CH2-]CCC(=O)OC(C)(C)C.[K+]. The van der Waals surface area contributed by atoms with Crippen LogP contribution in [0.1, 0.15) is 180 Å². The smallest absolute Gasteiger partial charge is 0.481 e. The van der Waals surface area contributed by atoms with Gasteiger partial charge >= 0.3 is 88.9 Å². The van der Waals surface area contributed by atoms with E-state index in [1.54, 1.807) is 99.5 Å². The first-order chi connectivity index (χ1) is 67.9. The summed E-state index contributed by atoms with van der Waals surface area (Å²) in [6.07, 6.45) is 22.3. The number of carboxylic acid groups (broad SMARTS) is 1. The van der Waals surface area contributed by atoms with Crippen molar-refractivity contribution in [2.75, 3.05) is 67.6 Å². The van der Waals surface area contributed by atoms with Gasteiger partial charge in [0.25, 0.3) is 0 Å². The number of anilines is 2. The minimum absolute atomic E-state index is 0. The van der Waals surface area contributed by atoms with E-state index in [2.05, 4.69) is 140 Å². The summed E-state index contributed by atoms with van der Waals surface area (Å²) in [5.74, 6) is -1.41. The number of nitrogens with one attached hydrogen (secondary N) is 2. The van der Waals surface area contributed by atoms with E-state index in [1.165, 1.54) is 81.3 Å². The number of ether oxygens (including phenoxy) is 4. The van der Waals surface area contributed by atoms with Gasteiger partial charge in [0, 0.05) is 99.4 Å². The summed E-state index contributed by atoms with van der Waals surface area (Å²) in [7, 11) is -3.67. The molecule has 4 aliphatic rings. The Hall–Kier alpha value is -8.59. The normalized spacial score (nSPS) is 14.7. The number of aromatic nitrogens is 8. The average molecular weight is 2220 g/mol. The number of alkyl halides is 1. The van der Waals surface area contributed by atoms with Crippen LogP contribution in [0.25, 0.3) is 61.3 Å². The fourth-order valence-corrected chi connectivity index (χ4v) is 21.7. The molecule has 14 aromatic rings. The molecule has 18 rings (SSSR count). The van der Waals surface area contributed by atoms with Crippen LogP contribution in [-0.2, 0) is 75.0 Å². The number of rotatable bonds is 27. The van der Waals surface area contributed by atoms with E-state index in [-0.39, 0.29) is 117 Å². The van der Waals surface area contributed by atoms with E-state index in [0.717, 1.165) is 140 Å². The Kier molecular flexibility index (Phi) is 52.7.